The quantitative estimate of drug-likeness (QED) is 0.853. The average molecular weight is 270 g/mol. The summed E-state index contributed by atoms with van der Waals surface area (Å²) >= 11 is 5.71. The van der Waals surface area contributed by atoms with Gasteiger partial charge >= 0.3 is 0 Å². The van der Waals surface area contributed by atoms with E-state index in [1.54, 1.807) is 6.07 Å². The standard InChI is InChI=1S/C14H17ClFNO/c1-9(2)14(5-6-17-8-14)13(18)11-4-3-10(15)7-12(11)16/h3-4,7,9,17H,5-6,8H2,1-2H3. The van der Waals surface area contributed by atoms with Crippen molar-refractivity contribution in [2.45, 2.75) is 20.3 Å². The van der Waals surface area contributed by atoms with Gasteiger partial charge in [-0.1, -0.05) is 25.4 Å². The van der Waals surface area contributed by atoms with Crippen molar-refractivity contribution in [1.82, 2.24) is 5.32 Å². The minimum absolute atomic E-state index is 0.114. The van der Waals surface area contributed by atoms with E-state index >= 15 is 0 Å². The second-order valence-corrected chi connectivity index (χ2v) is 5.63. The summed E-state index contributed by atoms with van der Waals surface area (Å²) in [5.41, 5.74) is -0.342. The molecule has 2 rings (SSSR count). The lowest BCUT2D eigenvalue weighted by Crippen LogP contribution is -2.39. The summed E-state index contributed by atoms with van der Waals surface area (Å²) in [5, 5.41) is 3.52. The van der Waals surface area contributed by atoms with Gasteiger partial charge in [0, 0.05) is 17.0 Å². The van der Waals surface area contributed by atoms with Crippen LogP contribution in [0.1, 0.15) is 30.6 Å². The maximum Gasteiger partial charge on any atom is 0.173 e. The van der Waals surface area contributed by atoms with Crippen LogP contribution in [-0.2, 0) is 0 Å². The molecule has 0 spiro atoms. The van der Waals surface area contributed by atoms with Crippen LogP contribution in [0.2, 0.25) is 5.02 Å². The normalized spacial score (nSPS) is 23.6. The Bertz CT molecular complexity index is 467. The zero-order valence-corrected chi connectivity index (χ0v) is 11.4. The Morgan fingerprint density at radius 3 is 2.72 bits per heavy atom. The summed E-state index contributed by atoms with van der Waals surface area (Å²) in [7, 11) is 0. The van der Waals surface area contributed by atoms with Gasteiger partial charge in [-0.3, -0.25) is 4.79 Å². The molecule has 0 radical (unpaired) electrons. The molecule has 0 amide bonds. The molecule has 0 aromatic heterocycles. The smallest absolute Gasteiger partial charge is 0.173 e. The van der Waals surface area contributed by atoms with E-state index in [0.717, 1.165) is 13.0 Å². The number of carbonyl (C=O) groups is 1. The van der Waals surface area contributed by atoms with Crippen LogP contribution in [0.15, 0.2) is 18.2 Å². The Balaban J connectivity index is 2.40. The van der Waals surface area contributed by atoms with Crippen molar-refractivity contribution in [2.24, 2.45) is 11.3 Å². The molecule has 18 heavy (non-hydrogen) atoms. The predicted octanol–water partition coefficient (Wildman–Crippen LogP) is 3.30. The number of ketones is 1. The molecule has 1 unspecified atom stereocenters. The number of carbonyl (C=O) groups excluding carboxylic acids is 1. The first-order valence-electron chi connectivity index (χ1n) is 6.18. The van der Waals surface area contributed by atoms with Crippen molar-refractivity contribution in [3.63, 3.8) is 0 Å². The van der Waals surface area contributed by atoms with Crippen LogP contribution in [0.25, 0.3) is 0 Å². The fourth-order valence-electron chi connectivity index (χ4n) is 2.60. The minimum atomic E-state index is -0.528. The molecule has 1 aromatic carbocycles. The number of nitrogens with one attached hydrogen (secondary N) is 1. The molecular formula is C14H17ClFNO. The summed E-state index contributed by atoms with van der Waals surface area (Å²) in [6.45, 7) is 5.45. The first kappa shape index (κ1) is 13.5. The fraction of sp³-hybridized carbons (Fsp3) is 0.500. The van der Waals surface area contributed by atoms with E-state index in [9.17, 15) is 9.18 Å². The zero-order chi connectivity index (χ0) is 13.3. The zero-order valence-electron chi connectivity index (χ0n) is 10.6. The van der Waals surface area contributed by atoms with Gasteiger partial charge in [-0.25, -0.2) is 4.39 Å². The molecule has 0 aliphatic carbocycles. The lowest BCUT2D eigenvalue weighted by Gasteiger charge is -2.31. The number of hydrogen-bond donors (Lipinski definition) is 1. The van der Waals surface area contributed by atoms with Gasteiger partial charge in [0.05, 0.1) is 5.56 Å². The molecule has 1 aliphatic heterocycles. The molecule has 1 aromatic rings. The van der Waals surface area contributed by atoms with Gasteiger partial charge in [-0.15, -0.1) is 0 Å². The molecule has 98 valence electrons. The summed E-state index contributed by atoms with van der Waals surface area (Å²) in [5.74, 6) is -0.467. The molecule has 0 saturated carbocycles. The third-order valence-corrected chi connectivity index (χ3v) is 4.16. The number of Topliss-reactive ketones (excluding diaryl/α,β-unsaturated/α-hetero) is 1. The summed E-state index contributed by atoms with van der Waals surface area (Å²) in [6.07, 6.45) is 0.756. The van der Waals surface area contributed by atoms with E-state index in [1.165, 1.54) is 12.1 Å². The highest BCUT2D eigenvalue weighted by Crippen LogP contribution is 2.38. The molecule has 0 bridgehead atoms. The number of hydrogen-bond acceptors (Lipinski definition) is 2. The van der Waals surface area contributed by atoms with Crippen molar-refractivity contribution >= 4 is 17.4 Å². The number of benzene rings is 1. The third-order valence-electron chi connectivity index (χ3n) is 3.92. The van der Waals surface area contributed by atoms with E-state index in [0.29, 0.717) is 11.6 Å². The Labute approximate surface area is 112 Å². The van der Waals surface area contributed by atoms with Crippen molar-refractivity contribution in [3.8, 4) is 0 Å². The topological polar surface area (TPSA) is 29.1 Å². The highest BCUT2D eigenvalue weighted by molar-refractivity contribution is 6.30. The van der Waals surface area contributed by atoms with Crippen LogP contribution in [0.4, 0.5) is 4.39 Å². The highest BCUT2D eigenvalue weighted by Gasteiger charge is 2.44. The van der Waals surface area contributed by atoms with Crippen LogP contribution < -0.4 is 5.32 Å². The van der Waals surface area contributed by atoms with Gasteiger partial charge in [0.25, 0.3) is 0 Å². The maximum absolute atomic E-state index is 13.9. The molecule has 4 heteroatoms. The van der Waals surface area contributed by atoms with Crippen molar-refractivity contribution in [3.05, 3.63) is 34.6 Å². The molecular weight excluding hydrogens is 253 g/mol. The lowest BCUT2D eigenvalue weighted by molar-refractivity contribution is 0.0735. The van der Waals surface area contributed by atoms with Crippen LogP contribution in [0, 0.1) is 17.2 Å². The first-order valence-corrected chi connectivity index (χ1v) is 6.56. The molecule has 1 aliphatic rings. The second kappa shape index (κ2) is 4.98. The van der Waals surface area contributed by atoms with Gasteiger partial charge in [0.2, 0.25) is 0 Å². The highest BCUT2D eigenvalue weighted by atomic mass is 35.5. The Hall–Kier alpha value is -0.930. The van der Waals surface area contributed by atoms with Gasteiger partial charge in [0.15, 0.2) is 5.78 Å². The predicted molar refractivity (Wildman–Crippen MR) is 70.5 cm³/mol. The molecule has 2 nitrogen and oxygen atoms in total. The molecule has 1 heterocycles. The fourth-order valence-corrected chi connectivity index (χ4v) is 2.76. The van der Waals surface area contributed by atoms with E-state index in [4.69, 9.17) is 11.6 Å². The lowest BCUT2D eigenvalue weighted by atomic mass is 9.71. The Morgan fingerprint density at radius 2 is 2.22 bits per heavy atom. The van der Waals surface area contributed by atoms with E-state index in [2.05, 4.69) is 5.32 Å². The van der Waals surface area contributed by atoms with Crippen LogP contribution >= 0.6 is 11.6 Å². The molecule has 1 atom stereocenters. The Morgan fingerprint density at radius 1 is 1.50 bits per heavy atom. The van der Waals surface area contributed by atoms with Gasteiger partial charge < -0.3 is 5.32 Å². The largest absolute Gasteiger partial charge is 0.316 e. The van der Waals surface area contributed by atoms with Gasteiger partial charge in [0.1, 0.15) is 5.82 Å². The second-order valence-electron chi connectivity index (χ2n) is 5.19. The first-order chi connectivity index (χ1) is 8.47. The van der Waals surface area contributed by atoms with E-state index in [1.807, 2.05) is 13.8 Å². The summed E-state index contributed by atoms with van der Waals surface area (Å²) in [4.78, 5) is 12.6. The van der Waals surface area contributed by atoms with Crippen molar-refractivity contribution < 1.29 is 9.18 Å². The monoisotopic (exact) mass is 269 g/mol. The van der Waals surface area contributed by atoms with Crippen molar-refractivity contribution in [1.29, 1.82) is 0 Å². The minimum Gasteiger partial charge on any atom is -0.316 e. The maximum atomic E-state index is 13.9. The summed E-state index contributed by atoms with van der Waals surface area (Å²) < 4.78 is 13.9. The number of rotatable bonds is 3. The molecule has 1 saturated heterocycles. The Kier molecular flexibility index (Phi) is 3.74. The van der Waals surface area contributed by atoms with E-state index < -0.39 is 11.2 Å². The van der Waals surface area contributed by atoms with Gasteiger partial charge in [-0.05, 0) is 37.1 Å². The molecule has 1 fully saturated rings. The average Bonchev–Trinajstić information content (AvgIpc) is 2.78. The molecule has 1 N–H and O–H groups in total. The number of halogens is 2. The van der Waals surface area contributed by atoms with E-state index in [-0.39, 0.29) is 17.3 Å². The van der Waals surface area contributed by atoms with Crippen LogP contribution in [0.3, 0.4) is 0 Å². The van der Waals surface area contributed by atoms with Crippen LogP contribution in [0.5, 0.6) is 0 Å². The third kappa shape index (κ3) is 2.17. The SMILES string of the molecule is CC(C)C1(C(=O)c2ccc(Cl)cc2F)CCNC1. The van der Waals surface area contributed by atoms with Crippen LogP contribution in [-0.4, -0.2) is 18.9 Å². The summed E-state index contributed by atoms with van der Waals surface area (Å²) in [6, 6.07) is 4.25. The van der Waals surface area contributed by atoms with Crippen molar-refractivity contribution in [2.75, 3.05) is 13.1 Å². The van der Waals surface area contributed by atoms with Gasteiger partial charge in [-0.2, -0.15) is 0 Å².